The summed E-state index contributed by atoms with van der Waals surface area (Å²) in [7, 11) is 0. The highest BCUT2D eigenvalue weighted by atomic mass is 16.6. The van der Waals surface area contributed by atoms with Crippen LogP contribution < -0.4 is 18.9 Å². The van der Waals surface area contributed by atoms with Crippen molar-refractivity contribution in [2.75, 3.05) is 19.8 Å². The molecule has 3 aromatic rings. The monoisotopic (exact) mass is 550 g/mol. The Bertz CT molecular complexity index is 1140. The number of hydrogen-bond donors (Lipinski definition) is 2. The lowest BCUT2D eigenvalue weighted by Crippen LogP contribution is -2.11. The number of aliphatic hydroxyl groups excluding tert-OH is 2. The van der Waals surface area contributed by atoms with Crippen LogP contribution >= 0.6 is 0 Å². The van der Waals surface area contributed by atoms with Gasteiger partial charge in [0.15, 0.2) is 6.29 Å². The Labute approximate surface area is 235 Å². The number of hydrogen-bond acceptors (Lipinski definition) is 8. The molecule has 3 rings (SSSR count). The first-order chi connectivity index (χ1) is 19.5. The normalized spacial score (nSPS) is 12.3. The fraction of sp³-hybridized carbons (Fsp3) is 0.344. The summed E-state index contributed by atoms with van der Waals surface area (Å²) < 4.78 is 27.5. The maximum Gasteiger partial charge on any atom is 0.343 e. The summed E-state index contributed by atoms with van der Waals surface area (Å²) in [6.07, 6.45) is 4.29. The van der Waals surface area contributed by atoms with Gasteiger partial charge in [-0.3, -0.25) is 0 Å². The van der Waals surface area contributed by atoms with Crippen LogP contribution in [0.4, 0.5) is 0 Å². The molecule has 8 nitrogen and oxygen atoms in total. The largest absolute Gasteiger partial charge is 0.494 e. The van der Waals surface area contributed by atoms with Crippen LogP contribution in [0.5, 0.6) is 23.0 Å². The summed E-state index contributed by atoms with van der Waals surface area (Å²) >= 11 is 0. The van der Waals surface area contributed by atoms with Crippen LogP contribution in [0.25, 0.3) is 0 Å². The van der Waals surface area contributed by atoms with Crippen LogP contribution in [0.1, 0.15) is 61.2 Å². The van der Waals surface area contributed by atoms with E-state index in [9.17, 15) is 15.0 Å². The van der Waals surface area contributed by atoms with Gasteiger partial charge >= 0.3 is 5.97 Å². The van der Waals surface area contributed by atoms with Gasteiger partial charge in [-0.1, -0.05) is 32.8 Å². The van der Waals surface area contributed by atoms with E-state index in [2.05, 4.69) is 13.5 Å². The molecule has 40 heavy (non-hydrogen) atoms. The molecular weight excluding hydrogens is 512 g/mol. The highest BCUT2D eigenvalue weighted by molar-refractivity contribution is 5.91. The predicted molar refractivity (Wildman–Crippen MR) is 152 cm³/mol. The Morgan fingerprint density at radius 2 is 1.32 bits per heavy atom. The van der Waals surface area contributed by atoms with Gasteiger partial charge in [0.05, 0.1) is 25.4 Å². The number of ether oxygens (including phenoxy) is 5. The highest BCUT2D eigenvalue weighted by Crippen LogP contribution is 2.25. The molecule has 214 valence electrons. The van der Waals surface area contributed by atoms with E-state index in [0.717, 1.165) is 18.6 Å². The summed E-state index contributed by atoms with van der Waals surface area (Å²) in [5, 5.41) is 19.7. The molecule has 3 aromatic carbocycles. The van der Waals surface area contributed by atoms with Gasteiger partial charge in [0.2, 0.25) is 6.29 Å². The molecule has 0 bridgehead atoms. The molecule has 0 saturated heterocycles. The van der Waals surface area contributed by atoms with Crippen molar-refractivity contribution < 1.29 is 38.7 Å². The third-order valence-electron chi connectivity index (χ3n) is 5.85. The molecule has 0 amide bonds. The van der Waals surface area contributed by atoms with Crippen molar-refractivity contribution in [1.29, 1.82) is 0 Å². The first-order valence-electron chi connectivity index (χ1n) is 13.5. The first kappa shape index (κ1) is 30.7. The van der Waals surface area contributed by atoms with Gasteiger partial charge in [0.25, 0.3) is 0 Å². The SMILES string of the molecule is C=CC(O)OCCCOc1ccc(C(O)Oc2ccc(OC(=O)c3ccc(OCCCCCC)cc3)cc2)cc1. The lowest BCUT2D eigenvalue weighted by Gasteiger charge is -2.15. The average molecular weight is 551 g/mol. The number of carbonyl (C=O) groups excluding carboxylic acids is 1. The Morgan fingerprint density at radius 1 is 0.750 bits per heavy atom. The van der Waals surface area contributed by atoms with E-state index >= 15 is 0 Å². The molecule has 2 atom stereocenters. The maximum absolute atomic E-state index is 12.5. The van der Waals surface area contributed by atoms with E-state index in [1.54, 1.807) is 72.8 Å². The zero-order chi connectivity index (χ0) is 28.6. The highest BCUT2D eigenvalue weighted by Gasteiger charge is 2.12. The summed E-state index contributed by atoms with van der Waals surface area (Å²) in [5.41, 5.74) is 0.968. The Kier molecular flexibility index (Phi) is 13.0. The van der Waals surface area contributed by atoms with Crippen LogP contribution in [0.2, 0.25) is 0 Å². The summed E-state index contributed by atoms with van der Waals surface area (Å²) in [6.45, 7) is 7.03. The first-order valence-corrected chi connectivity index (χ1v) is 13.5. The minimum Gasteiger partial charge on any atom is -0.494 e. The molecular formula is C32H38O8. The second-order valence-corrected chi connectivity index (χ2v) is 9.03. The molecule has 0 saturated carbocycles. The van der Waals surface area contributed by atoms with Gasteiger partial charge in [0.1, 0.15) is 23.0 Å². The van der Waals surface area contributed by atoms with Crippen molar-refractivity contribution >= 4 is 5.97 Å². The van der Waals surface area contributed by atoms with Gasteiger partial charge in [-0.05, 0) is 85.3 Å². The van der Waals surface area contributed by atoms with Crippen molar-refractivity contribution in [3.05, 3.63) is 96.6 Å². The molecule has 2 unspecified atom stereocenters. The lowest BCUT2D eigenvalue weighted by atomic mass is 10.2. The molecule has 0 aliphatic carbocycles. The molecule has 0 aliphatic heterocycles. The number of rotatable bonds is 18. The van der Waals surface area contributed by atoms with E-state index in [1.165, 1.54) is 18.9 Å². The average Bonchev–Trinajstić information content (AvgIpc) is 2.98. The van der Waals surface area contributed by atoms with Gasteiger partial charge in [0, 0.05) is 12.0 Å². The Morgan fingerprint density at radius 3 is 1.95 bits per heavy atom. The van der Waals surface area contributed by atoms with Crippen molar-refractivity contribution in [1.82, 2.24) is 0 Å². The van der Waals surface area contributed by atoms with Crippen molar-refractivity contribution in [3.8, 4) is 23.0 Å². The second kappa shape index (κ2) is 17.0. The summed E-state index contributed by atoms with van der Waals surface area (Å²) in [5.74, 6) is 1.65. The topological polar surface area (TPSA) is 104 Å². The number of carbonyl (C=O) groups is 1. The molecule has 0 spiro atoms. The van der Waals surface area contributed by atoms with Crippen molar-refractivity contribution in [3.63, 3.8) is 0 Å². The molecule has 8 heteroatoms. The van der Waals surface area contributed by atoms with Gasteiger partial charge < -0.3 is 33.9 Å². The van der Waals surface area contributed by atoms with Crippen molar-refractivity contribution in [2.24, 2.45) is 0 Å². The number of unbranched alkanes of at least 4 members (excludes halogenated alkanes) is 3. The minimum atomic E-state index is -1.19. The van der Waals surface area contributed by atoms with Crippen LogP contribution in [-0.4, -0.2) is 42.3 Å². The quantitative estimate of drug-likeness (QED) is 0.0632. The zero-order valence-corrected chi connectivity index (χ0v) is 22.9. The zero-order valence-electron chi connectivity index (χ0n) is 22.9. The summed E-state index contributed by atoms with van der Waals surface area (Å²) in [6, 6.07) is 20.2. The van der Waals surface area contributed by atoms with Crippen LogP contribution in [0, 0.1) is 0 Å². The fourth-order valence-corrected chi connectivity index (χ4v) is 3.61. The van der Waals surface area contributed by atoms with Crippen LogP contribution in [0.3, 0.4) is 0 Å². The molecule has 2 N–H and O–H groups in total. The van der Waals surface area contributed by atoms with Gasteiger partial charge in [-0.15, -0.1) is 0 Å². The molecule has 0 radical (unpaired) electrons. The summed E-state index contributed by atoms with van der Waals surface area (Å²) in [4.78, 5) is 12.5. The number of esters is 1. The lowest BCUT2D eigenvalue weighted by molar-refractivity contribution is -0.0663. The van der Waals surface area contributed by atoms with Gasteiger partial charge in [-0.25, -0.2) is 4.79 Å². The fourth-order valence-electron chi connectivity index (χ4n) is 3.61. The minimum absolute atomic E-state index is 0.345. The number of benzene rings is 3. The van der Waals surface area contributed by atoms with E-state index in [1.807, 2.05) is 0 Å². The standard InChI is InChI=1S/C32H38O8/c1-3-5-6-7-21-36-26-13-9-24(10-14-26)31(34)39-28-17-19-29(20-18-28)40-32(35)25-11-15-27(16-12-25)37-22-8-23-38-30(33)4-2/h4,9-20,30,32-33,35H,2-3,5-8,21-23H2,1H3. The number of aliphatic hydroxyl groups is 2. The van der Waals surface area contributed by atoms with Crippen LogP contribution in [-0.2, 0) is 4.74 Å². The third-order valence-corrected chi connectivity index (χ3v) is 5.85. The molecule has 0 aromatic heterocycles. The third kappa shape index (κ3) is 10.7. The molecule has 0 heterocycles. The second-order valence-electron chi connectivity index (χ2n) is 9.03. The molecule has 0 aliphatic rings. The van der Waals surface area contributed by atoms with Crippen molar-refractivity contribution in [2.45, 2.75) is 51.6 Å². The predicted octanol–water partition coefficient (Wildman–Crippen LogP) is 6.22. The molecule has 0 fully saturated rings. The van der Waals surface area contributed by atoms with Crippen LogP contribution in [0.15, 0.2) is 85.5 Å². The maximum atomic E-state index is 12.5. The smallest absolute Gasteiger partial charge is 0.343 e. The van der Waals surface area contributed by atoms with E-state index in [0.29, 0.717) is 54.6 Å². The van der Waals surface area contributed by atoms with Gasteiger partial charge in [-0.2, -0.15) is 0 Å². The van der Waals surface area contributed by atoms with E-state index in [-0.39, 0.29) is 0 Å². The van der Waals surface area contributed by atoms with E-state index < -0.39 is 18.5 Å². The van der Waals surface area contributed by atoms with E-state index in [4.69, 9.17) is 23.7 Å². The Balaban J connectivity index is 1.41. The Hall–Kier alpha value is -3.85.